The molecule has 4 heteroatoms. The molecule has 1 aromatic heterocycles. The molecule has 1 aliphatic heterocycles. The Morgan fingerprint density at radius 2 is 1.94 bits per heavy atom. The molecule has 17 heavy (non-hydrogen) atoms. The number of hydrogen-bond donors (Lipinski definition) is 0. The van der Waals surface area contributed by atoms with Crippen molar-refractivity contribution in [3.63, 3.8) is 0 Å². The van der Waals surface area contributed by atoms with Gasteiger partial charge in [0.05, 0.1) is 5.69 Å². The van der Waals surface area contributed by atoms with Gasteiger partial charge in [0.25, 0.3) is 0 Å². The lowest BCUT2D eigenvalue weighted by Gasteiger charge is -2.30. The van der Waals surface area contributed by atoms with Crippen molar-refractivity contribution in [1.29, 1.82) is 0 Å². The van der Waals surface area contributed by atoms with Crippen molar-refractivity contribution in [2.24, 2.45) is 5.92 Å². The summed E-state index contributed by atoms with van der Waals surface area (Å²) in [5.41, 5.74) is 2.36. The first-order chi connectivity index (χ1) is 8.24. The zero-order valence-electron chi connectivity index (χ0n) is 10.2. The molecule has 0 saturated carbocycles. The lowest BCUT2D eigenvalue weighted by Crippen LogP contribution is -2.34. The molecule has 0 N–H and O–H groups in total. The number of hydrogen-bond acceptors (Lipinski definition) is 3. The van der Waals surface area contributed by atoms with Gasteiger partial charge in [0.2, 0.25) is 5.95 Å². The second kappa shape index (κ2) is 4.45. The van der Waals surface area contributed by atoms with Crippen LogP contribution >= 0.6 is 11.6 Å². The quantitative estimate of drug-likeness (QED) is 0.719. The van der Waals surface area contributed by atoms with Crippen molar-refractivity contribution in [3.05, 3.63) is 16.4 Å². The molecular formula is C13H18ClN3. The Bertz CT molecular complexity index is 425. The molecule has 0 aromatic carbocycles. The van der Waals surface area contributed by atoms with E-state index in [2.05, 4.69) is 16.8 Å². The van der Waals surface area contributed by atoms with Crippen molar-refractivity contribution in [2.75, 3.05) is 18.0 Å². The lowest BCUT2D eigenvalue weighted by molar-refractivity contribution is 0.434. The molecule has 2 aliphatic rings. The van der Waals surface area contributed by atoms with E-state index in [-0.39, 0.29) is 0 Å². The zero-order valence-corrected chi connectivity index (χ0v) is 11.0. The van der Waals surface area contributed by atoms with Crippen molar-refractivity contribution in [1.82, 2.24) is 9.97 Å². The van der Waals surface area contributed by atoms with Gasteiger partial charge < -0.3 is 4.90 Å². The van der Waals surface area contributed by atoms with E-state index in [1.165, 1.54) is 30.5 Å². The largest absolute Gasteiger partial charge is 0.341 e. The van der Waals surface area contributed by atoms with Crippen molar-refractivity contribution in [3.8, 4) is 0 Å². The molecule has 2 heterocycles. The molecule has 1 saturated heterocycles. The molecular weight excluding hydrogens is 234 g/mol. The van der Waals surface area contributed by atoms with Crippen LogP contribution in [-0.4, -0.2) is 23.1 Å². The Kier molecular flexibility index (Phi) is 2.95. The van der Waals surface area contributed by atoms with E-state index in [0.717, 1.165) is 37.8 Å². The normalized spacial score (nSPS) is 20.7. The minimum atomic E-state index is 0.682. The Morgan fingerprint density at radius 3 is 2.71 bits per heavy atom. The molecule has 92 valence electrons. The summed E-state index contributed by atoms with van der Waals surface area (Å²) in [5, 5.41) is 0.682. The average molecular weight is 252 g/mol. The lowest BCUT2D eigenvalue weighted by atomic mass is 10.00. The van der Waals surface area contributed by atoms with Crippen LogP contribution in [0.5, 0.6) is 0 Å². The maximum atomic E-state index is 6.24. The van der Waals surface area contributed by atoms with Gasteiger partial charge in [-0.05, 0) is 38.0 Å². The first kappa shape index (κ1) is 11.3. The molecule has 3 nitrogen and oxygen atoms in total. The number of piperidine rings is 1. The van der Waals surface area contributed by atoms with Crippen LogP contribution < -0.4 is 4.90 Å². The molecule has 1 aromatic rings. The van der Waals surface area contributed by atoms with E-state index in [1.54, 1.807) is 0 Å². The smallest absolute Gasteiger partial charge is 0.227 e. The number of anilines is 1. The molecule has 3 rings (SSSR count). The van der Waals surface area contributed by atoms with E-state index < -0.39 is 0 Å². The zero-order chi connectivity index (χ0) is 11.8. The van der Waals surface area contributed by atoms with Gasteiger partial charge in [-0.25, -0.2) is 9.97 Å². The Labute approximate surface area is 107 Å². The molecule has 0 bridgehead atoms. The van der Waals surface area contributed by atoms with E-state index >= 15 is 0 Å². The predicted molar refractivity (Wildman–Crippen MR) is 69.7 cm³/mol. The number of aryl methyl sites for hydroxylation is 1. The fourth-order valence-electron chi connectivity index (χ4n) is 2.72. The van der Waals surface area contributed by atoms with E-state index in [9.17, 15) is 0 Å². The van der Waals surface area contributed by atoms with Crippen LogP contribution in [0.25, 0.3) is 0 Å². The highest BCUT2D eigenvalue weighted by molar-refractivity contribution is 6.30. The Balaban J connectivity index is 1.86. The standard InChI is InChI=1S/C13H18ClN3/c1-9-5-7-17(8-6-9)13-15-11-4-2-3-10(11)12(14)16-13/h9H,2-8H2,1H3. The third kappa shape index (κ3) is 2.13. The summed E-state index contributed by atoms with van der Waals surface area (Å²) in [7, 11) is 0. The van der Waals surface area contributed by atoms with Crippen LogP contribution in [0.3, 0.4) is 0 Å². The van der Waals surface area contributed by atoms with E-state index in [0.29, 0.717) is 5.15 Å². The fourth-order valence-corrected chi connectivity index (χ4v) is 3.00. The molecule has 0 spiro atoms. The maximum Gasteiger partial charge on any atom is 0.227 e. The van der Waals surface area contributed by atoms with Crippen LogP contribution in [0.2, 0.25) is 5.15 Å². The van der Waals surface area contributed by atoms with E-state index in [1.807, 2.05) is 0 Å². The third-order valence-electron chi connectivity index (χ3n) is 3.94. The van der Waals surface area contributed by atoms with Gasteiger partial charge in [0.15, 0.2) is 0 Å². The summed E-state index contributed by atoms with van der Waals surface area (Å²) >= 11 is 6.24. The summed E-state index contributed by atoms with van der Waals surface area (Å²) in [6, 6.07) is 0. The highest BCUT2D eigenvalue weighted by atomic mass is 35.5. The summed E-state index contributed by atoms with van der Waals surface area (Å²) in [4.78, 5) is 11.4. The van der Waals surface area contributed by atoms with Crippen molar-refractivity contribution < 1.29 is 0 Å². The van der Waals surface area contributed by atoms with Crippen LogP contribution in [0.1, 0.15) is 37.4 Å². The number of nitrogens with zero attached hydrogens (tertiary/aromatic N) is 3. The van der Waals surface area contributed by atoms with Gasteiger partial charge in [-0.15, -0.1) is 0 Å². The molecule has 0 amide bonds. The van der Waals surface area contributed by atoms with E-state index in [4.69, 9.17) is 16.6 Å². The second-order valence-electron chi connectivity index (χ2n) is 5.26. The van der Waals surface area contributed by atoms with Gasteiger partial charge in [-0.2, -0.15) is 0 Å². The molecule has 0 unspecified atom stereocenters. The average Bonchev–Trinajstić information content (AvgIpc) is 2.78. The highest BCUT2D eigenvalue weighted by Gasteiger charge is 2.22. The highest BCUT2D eigenvalue weighted by Crippen LogP contribution is 2.29. The predicted octanol–water partition coefficient (Wildman–Crippen LogP) is 2.86. The fraction of sp³-hybridized carbons (Fsp3) is 0.692. The molecule has 1 aliphatic carbocycles. The minimum Gasteiger partial charge on any atom is -0.341 e. The summed E-state index contributed by atoms with van der Waals surface area (Å²) < 4.78 is 0. The monoisotopic (exact) mass is 251 g/mol. The first-order valence-electron chi connectivity index (χ1n) is 6.54. The maximum absolute atomic E-state index is 6.24. The van der Waals surface area contributed by atoms with Gasteiger partial charge in [-0.1, -0.05) is 18.5 Å². The number of rotatable bonds is 1. The number of aromatic nitrogens is 2. The molecule has 1 fully saturated rings. The van der Waals surface area contributed by atoms with Crippen molar-refractivity contribution >= 4 is 17.5 Å². The van der Waals surface area contributed by atoms with Gasteiger partial charge >= 0.3 is 0 Å². The second-order valence-corrected chi connectivity index (χ2v) is 5.62. The molecule has 0 atom stereocenters. The third-order valence-corrected chi connectivity index (χ3v) is 4.25. The van der Waals surface area contributed by atoms with Gasteiger partial charge in [0.1, 0.15) is 5.15 Å². The topological polar surface area (TPSA) is 29.0 Å². The number of halogens is 1. The van der Waals surface area contributed by atoms with Crippen molar-refractivity contribution in [2.45, 2.75) is 39.0 Å². The Morgan fingerprint density at radius 1 is 1.18 bits per heavy atom. The summed E-state index contributed by atoms with van der Waals surface area (Å²) in [5.74, 6) is 1.68. The summed E-state index contributed by atoms with van der Waals surface area (Å²) in [6.07, 6.45) is 5.75. The molecule has 0 radical (unpaired) electrons. The number of fused-ring (bicyclic) bond motifs is 1. The van der Waals surface area contributed by atoms with Gasteiger partial charge in [-0.3, -0.25) is 0 Å². The van der Waals surface area contributed by atoms with Crippen LogP contribution in [0, 0.1) is 5.92 Å². The van der Waals surface area contributed by atoms with Crippen LogP contribution in [0.4, 0.5) is 5.95 Å². The minimum absolute atomic E-state index is 0.682. The van der Waals surface area contributed by atoms with Crippen LogP contribution in [0.15, 0.2) is 0 Å². The first-order valence-corrected chi connectivity index (χ1v) is 6.92. The Hall–Kier alpha value is -0.830. The van der Waals surface area contributed by atoms with Crippen LogP contribution in [-0.2, 0) is 12.8 Å². The summed E-state index contributed by atoms with van der Waals surface area (Å²) in [6.45, 7) is 4.44. The SMILES string of the molecule is CC1CCN(c2nc(Cl)c3c(n2)CCC3)CC1. The van der Waals surface area contributed by atoms with Gasteiger partial charge in [0, 0.05) is 18.7 Å².